The van der Waals surface area contributed by atoms with Gasteiger partial charge in [0.1, 0.15) is 5.82 Å². The van der Waals surface area contributed by atoms with Crippen LogP contribution in [0.5, 0.6) is 0 Å². The van der Waals surface area contributed by atoms with Gasteiger partial charge >= 0.3 is 0 Å². The van der Waals surface area contributed by atoms with Crippen LogP contribution in [0.25, 0.3) is 0 Å². The van der Waals surface area contributed by atoms with Gasteiger partial charge in [-0.3, -0.25) is 4.79 Å². The van der Waals surface area contributed by atoms with Crippen molar-refractivity contribution in [3.63, 3.8) is 0 Å². The summed E-state index contributed by atoms with van der Waals surface area (Å²) in [5.41, 5.74) is -0.108. The van der Waals surface area contributed by atoms with Crippen LogP contribution in [-0.2, 0) is 14.6 Å². The van der Waals surface area contributed by atoms with Gasteiger partial charge in [0.2, 0.25) is 5.91 Å². The summed E-state index contributed by atoms with van der Waals surface area (Å²) in [5.74, 6) is -0.570. The zero-order valence-electron chi connectivity index (χ0n) is 12.0. The zero-order valence-corrected chi connectivity index (χ0v) is 12.8. The lowest BCUT2D eigenvalue weighted by atomic mass is 9.94. The van der Waals surface area contributed by atoms with Gasteiger partial charge in [-0.05, 0) is 43.5 Å². The van der Waals surface area contributed by atoms with E-state index in [1.807, 2.05) is 0 Å². The summed E-state index contributed by atoms with van der Waals surface area (Å²) in [6.07, 6.45) is 2.72. The van der Waals surface area contributed by atoms with Gasteiger partial charge in [0, 0.05) is 6.26 Å². The third kappa shape index (κ3) is 4.01. The molecule has 0 bridgehead atoms. The van der Waals surface area contributed by atoms with E-state index in [-0.39, 0.29) is 22.5 Å². The van der Waals surface area contributed by atoms with E-state index < -0.39 is 15.7 Å². The van der Waals surface area contributed by atoms with Crippen molar-refractivity contribution in [3.8, 4) is 0 Å². The lowest BCUT2D eigenvalue weighted by molar-refractivity contribution is -0.119. The maximum Gasteiger partial charge on any atom is 0.241 e. The average molecular weight is 314 g/mol. The number of carbonyl (C=O) groups is 1. The highest BCUT2D eigenvalue weighted by Gasteiger charge is 2.25. The number of benzene rings is 1. The molecule has 1 fully saturated rings. The van der Waals surface area contributed by atoms with E-state index >= 15 is 0 Å². The molecule has 0 saturated carbocycles. The molecule has 0 aromatic heterocycles. The molecule has 1 saturated heterocycles. The number of hydrogen-bond donors (Lipinski definition) is 2. The van der Waals surface area contributed by atoms with Crippen LogP contribution >= 0.6 is 0 Å². The number of hydrogen-bond acceptors (Lipinski definition) is 4. The molecule has 0 radical (unpaired) electrons. The summed E-state index contributed by atoms with van der Waals surface area (Å²) in [4.78, 5) is 12.1. The van der Waals surface area contributed by atoms with Crippen molar-refractivity contribution in [2.45, 2.75) is 30.7 Å². The second-order valence-corrected chi connectivity index (χ2v) is 7.56. The molecule has 5 nitrogen and oxygen atoms in total. The fourth-order valence-corrected chi connectivity index (χ4v) is 3.01. The third-order valence-corrected chi connectivity index (χ3v) is 4.72. The maximum absolute atomic E-state index is 13.7. The minimum absolute atomic E-state index is 0.0239. The Balaban J connectivity index is 2.17. The number of nitrogens with one attached hydrogen (secondary N) is 2. The molecular formula is C14H19FN2O3S. The number of sulfone groups is 1. The van der Waals surface area contributed by atoms with E-state index in [9.17, 15) is 17.6 Å². The first-order valence-corrected chi connectivity index (χ1v) is 8.70. The Morgan fingerprint density at radius 2 is 2.14 bits per heavy atom. The number of carbonyl (C=O) groups excluding carboxylic acids is 1. The summed E-state index contributed by atoms with van der Waals surface area (Å²) in [7, 11) is -3.45. The Kier molecular flexibility index (Phi) is 4.63. The van der Waals surface area contributed by atoms with Crippen LogP contribution in [0.2, 0.25) is 0 Å². The first-order chi connectivity index (χ1) is 9.77. The average Bonchev–Trinajstić information content (AvgIpc) is 2.40. The van der Waals surface area contributed by atoms with Crippen LogP contribution in [0.4, 0.5) is 10.1 Å². The Morgan fingerprint density at radius 3 is 2.76 bits per heavy atom. The largest absolute Gasteiger partial charge is 0.322 e. The lowest BCUT2D eigenvalue weighted by Gasteiger charge is -2.27. The molecular weight excluding hydrogens is 295 g/mol. The summed E-state index contributed by atoms with van der Waals surface area (Å²) >= 11 is 0. The van der Waals surface area contributed by atoms with Crippen molar-refractivity contribution in [1.82, 2.24) is 5.32 Å². The number of halogens is 1. The topological polar surface area (TPSA) is 75.3 Å². The monoisotopic (exact) mass is 314 g/mol. The standard InChI is InChI=1S/C14H19FN2O3S/c1-9-5-6-16-13(7-9)14(18)17-12-8-10(21(2,19)20)3-4-11(12)15/h3-4,8-9,13,16H,5-7H2,1-2H3,(H,17,18). The fraction of sp³-hybridized carbons (Fsp3) is 0.500. The van der Waals surface area contributed by atoms with Gasteiger partial charge in [0.05, 0.1) is 16.6 Å². The number of piperidine rings is 1. The number of anilines is 1. The van der Waals surface area contributed by atoms with Crippen LogP contribution in [0.1, 0.15) is 19.8 Å². The van der Waals surface area contributed by atoms with Gasteiger partial charge in [-0.2, -0.15) is 0 Å². The Bertz CT molecular complexity index is 646. The Hall–Kier alpha value is -1.47. The maximum atomic E-state index is 13.7. The molecule has 1 aromatic carbocycles. The summed E-state index contributed by atoms with van der Waals surface area (Å²) in [5, 5.41) is 5.55. The van der Waals surface area contributed by atoms with Crippen molar-refractivity contribution >= 4 is 21.4 Å². The molecule has 1 aromatic rings. The van der Waals surface area contributed by atoms with Crippen molar-refractivity contribution < 1.29 is 17.6 Å². The Morgan fingerprint density at radius 1 is 1.43 bits per heavy atom. The van der Waals surface area contributed by atoms with Gasteiger partial charge in [-0.15, -0.1) is 0 Å². The van der Waals surface area contributed by atoms with Gasteiger partial charge in [-0.25, -0.2) is 12.8 Å². The van der Waals surface area contributed by atoms with Crippen LogP contribution in [0, 0.1) is 11.7 Å². The van der Waals surface area contributed by atoms with Crippen LogP contribution in [-0.4, -0.2) is 33.2 Å². The lowest BCUT2D eigenvalue weighted by Crippen LogP contribution is -2.45. The van der Waals surface area contributed by atoms with E-state index in [1.165, 1.54) is 6.07 Å². The molecule has 1 heterocycles. The van der Waals surface area contributed by atoms with Crippen molar-refractivity contribution in [2.75, 3.05) is 18.1 Å². The highest BCUT2D eigenvalue weighted by molar-refractivity contribution is 7.90. The molecule has 21 heavy (non-hydrogen) atoms. The molecule has 1 aliphatic rings. The van der Waals surface area contributed by atoms with Crippen LogP contribution in [0.3, 0.4) is 0 Å². The van der Waals surface area contributed by atoms with Crippen molar-refractivity contribution in [1.29, 1.82) is 0 Å². The Labute approximate surface area is 123 Å². The fourth-order valence-electron chi connectivity index (χ4n) is 2.36. The first-order valence-electron chi connectivity index (χ1n) is 6.81. The predicted octanol–water partition coefficient (Wildman–Crippen LogP) is 1.56. The molecule has 2 unspecified atom stereocenters. The normalized spacial score (nSPS) is 22.8. The minimum atomic E-state index is -3.45. The van der Waals surface area contributed by atoms with E-state index in [2.05, 4.69) is 17.6 Å². The smallest absolute Gasteiger partial charge is 0.241 e. The summed E-state index contributed by atoms with van der Waals surface area (Å²) in [6, 6.07) is 2.99. The third-order valence-electron chi connectivity index (χ3n) is 3.61. The zero-order chi connectivity index (χ0) is 15.6. The predicted molar refractivity (Wildman–Crippen MR) is 78.3 cm³/mol. The molecule has 1 amide bonds. The first kappa shape index (κ1) is 15.9. The second-order valence-electron chi connectivity index (χ2n) is 5.54. The number of amides is 1. The van der Waals surface area contributed by atoms with E-state index in [0.717, 1.165) is 31.4 Å². The van der Waals surface area contributed by atoms with E-state index in [4.69, 9.17) is 0 Å². The highest BCUT2D eigenvalue weighted by atomic mass is 32.2. The van der Waals surface area contributed by atoms with Crippen LogP contribution in [0.15, 0.2) is 23.1 Å². The molecule has 1 aliphatic heterocycles. The highest BCUT2D eigenvalue weighted by Crippen LogP contribution is 2.21. The SMILES string of the molecule is CC1CCNC(C(=O)Nc2cc(S(C)(=O)=O)ccc2F)C1. The minimum Gasteiger partial charge on any atom is -0.322 e. The van der Waals surface area contributed by atoms with Gasteiger partial charge in [-0.1, -0.05) is 6.92 Å². The number of rotatable bonds is 3. The summed E-state index contributed by atoms with van der Waals surface area (Å²) in [6.45, 7) is 2.80. The molecule has 0 aliphatic carbocycles. The van der Waals surface area contributed by atoms with E-state index in [1.54, 1.807) is 0 Å². The molecule has 7 heteroatoms. The van der Waals surface area contributed by atoms with Crippen molar-refractivity contribution in [2.24, 2.45) is 5.92 Å². The molecule has 0 spiro atoms. The van der Waals surface area contributed by atoms with Gasteiger partial charge in [0.25, 0.3) is 0 Å². The van der Waals surface area contributed by atoms with E-state index in [0.29, 0.717) is 12.3 Å². The molecule has 2 N–H and O–H groups in total. The van der Waals surface area contributed by atoms with Gasteiger partial charge in [0.15, 0.2) is 9.84 Å². The van der Waals surface area contributed by atoms with Gasteiger partial charge < -0.3 is 10.6 Å². The summed E-state index contributed by atoms with van der Waals surface area (Å²) < 4.78 is 36.7. The quantitative estimate of drug-likeness (QED) is 0.830. The van der Waals surface area contributed by atoms with Crippen molar-refractivity contribution in [3.05, 3.63) is 24.0 Å². The molecule has 2 atom stereocenters. The molecule has 116 valence electrons. The second kappa shape index (κ2) is 6.11. The van der Waals surface area contributed by atoms with Crippen LogP contribution < -0.4 is 10.6 Å². The molecule has 2 rings (SSSR count).